The van der Waals surface area contributed by atoms with Crippen molar-refractivity contribution in [3.05, 3.63) is 76.9 Å². The number of nitrogens with zero attached hydrogens (tertiary/aromatic N) is 1. The highest BCUT2D eigenvalue weighted by Gasteiger charge is 2.28. The molecule has 0 saturated carbocycles. The lowest BCUT2D eigenvalue weighted by Gasteiger charge is -2.27. The van der Waals surface area contributed by atoms with E-state index in [1.54, 1.807) is 4.90 Å². The third kappa shape index (κ3) is 4.50. The van der Waals surface area contributed by atoms with E-state index in [-0.39, 0.29) is 11.5 Å². The first-order valence-corrected chi connectivity index (χ1v) is 10.6. The van der Waals surface area contributed by atoms with E-state index in [1.165, 1.54) is 11.3 Å². The molecule has 0 atom stereocenters. The van der Waals surface area contributed by atoms with Gasteiger partial charge in [0.2, 0.25) is 0 Å². The maximum atomic E-state index is 13.6. The van der Waals surface area contributed by atoms with Gasteiger partial charge in [0.15, 0.2) is 0 Å². The van der Waals surface area contributed by atoms with E-state index in [0.29, 0.717) is 42.9 Å². The molecule has 1 saturated heterocycles. The molecule has 2 aromatic carbocycles. The number of halogens is 2. The predicted molar refractivity (Wildman–Crippen MR) is 116 cm³/mol. The van der Waals surface area contributed by atoms with E-state index in [9.17, 15) is 18.4 Å². The molecule has 2 heterocycles. The Kier molecular flexibility index (Phi) is 6.11. The van der Waals surface area contributed by atoms with Crippen LogP contribution in [0, 0.1) is 18.6 Å². The zero-order chi connectivity index (χ0) is 22.0. The van der Waals surface area contributed by atoms with E-state index in [0.717, 1.165) is 28.1 Å². The molecule has 4 rings (SSSR count). The van der Waals surface area contributed by atoms with E-state index in [2.05, 4.69) is 5.32 Å². The van der Waals surface area contributed by atoms with Gasteiger partial charge in [-0.3, -0.25) is 9.59 Å². The smallest absolute Gasteiger partial charge is 0.257 e. The Morgan fingerprint density at radius 1 is 1.03 bits per heavy atom. The second kappa shape index (κ2) is 8.95. The van der Waals surface area contributed by atoms with Gasteiger partial charge in [-0.2, -0.15) is 0 Å². The van der Waals surface area contributed by atoms with Crippen LogP contribution in [0.3, 0.4) is 0 Å². The zero-order valence-electron chi connectivity index (χ0n) is 16.8. The molecule has 1 fully saturated rings. The summed E-state index contributed by atoms with van der Waals surface area (Å²) < 4.78 is 32.5. The molecule has 1 aliphatic heterocycles. The number of nitrogens with one attached hydrogen (secondary N) is 1. The Hall–Kier alpha value is -3.10. The zero-order valence-corrected chi connectivity index (χ0v) is 17.6. The normalized spacial score (nSPS) is 13.8. The van der Waals surface area contributed by atoms with Crippen LogP contribution in [0.4, 0.5) is 13.8 Å². The molecule has 1 aromatic heterocycles. The summed E-state index contributed by atoms with van der Waals surface area (Å²) in [5.41, 5.74) is 1.89. The van der Waals surface area contributed by atoms with E-state index in [1.807, 2.05) is 37.3 Å². The van der Waals surface area contributed by atoms with Crippen LogP contribution >= 0.6 is 11.3 Å². The van der Waals surface area contributed by atoms with E-state index >= 15 is 0 Å². The van der Waals surface area contributed by atoms with Crippen molar-refractivity contribution in [1.82, 2.24) is 4.90 Å². The van der Waals surface area contributed by atoms with Gasteiger partial charge in [-0.1, -0.05) is 30.3 Å². The molecule has 3 aromatic rings. The number of rotatable bonds is 4. The first-order valence-electron chi connectivity index (χ1n) is 9.77. The van der Waals surface area contributed by atoms with Gasteiger partial charge in [-0.25, -0.2) is 8.78 Å². The number of anilines is 1. The van der Waals surface area contributed by atoms with Crippen LogP contribution in [-0.2, 0) is 4.74 Å². The minimum Gasteiger partial charge on any atom is -0.378 e. The second-order valence-corrected chi connectivity index (χ2v) is 8.16. The third-order valence-electron chi connectivity index (χ3n) is 5.05. The van der Waals surface area contributed by atoms with Crippen molar-refractivity contribution in [2.24, 2.45) is 0 Å². The second-order valence-electron chi connectivity index (χ2n) is 7.14. The number of carbonyl (C=O) groups is 2. The average Bonchev–Trinajstić information content (AvgIpc) is 3.09. The highest BCUT2D eigenvalue weighted by atomic mass is 32.1. The first-order chi connectivity index (χ1) is 14.9. The van der Waals surface area contributed by atoms with Crippen molar-refractivity contribution in [1.29, 1.82) is 0 Å². The fraction of sp³-hybridized carbons (Fsp3) is 0.217. The molecule has 8 heteroatoms. The fourth-order valence-electron chi connectivity index (χ4n) is 3.51. The van der Waals surface area contributed by atoms with Crippen molar-refractivity contribution in [3.63, 3.8) is 0 Å². The van der Waals surface area contributed by atoms with Crippen LogP contribution in [0.2, 0.25) is 0 Å². The molecule has 1 aliphatic rings. The lowest BCUT2D eigenvalue weighted by molar-refractivity contribution is 0.0303. The lowest BCUT2D eigenvalue weighted by Crippen LogP contribution is -2.41. The van der Waals surface area contributed by atoms with Crippen LogP contribution in [0.1, 0.15) is 26.3 Å². The predicted octanol–water partition coefficient (Wildman–Crippen LogP) is 4.73. The van der Waals surface area contributed by atoms with Crippen LogP contribution in [-0.4, -0.2) is 43.0 Å². The number of benzene rings is 2. The van der Waals surface area contributed by atoms with Crippen molar-refractivity contribution in [2.75, 3.05) is 31.6 Å². The molecule has 1 N–H and O–H groups in total. The molecule has 160 valence electrons. The summed E-state index contributed by atoms with van der Waals surface area (Å²) in [5.74, 6) is -2.58. The SMILES string of the molecule is Cc1c(-c2ccccc2)sc(NC(=O)c2cc(F)cc(F)c2)c1C(=O)N1CCOCC1. The quantitative estimate of drug-likeness (QED) is 0.636. The van der Waals surface area contributed by atoms with E-state index in [4.69, 9.17) is 4.74 Å². The van der Waals surface area contributed by atoms with Crippen molar-refractivity contribution in [2.45, 2.75) is 6.92 Å². The number of carbonyl (C=O) groups excluding carboxylic acids is 2. The van der Waals surface area contributed by atoms with Crippen LogP contribution in [0.5, 0.6) is 0 Å². The van der Waals surface area contributed by atoms with Gasteiger partial charge >= 0.3 is 0 Å². The molecule has 0 unspecified atom stereocenters. The standard InChI is InChI=1S/C23H20F2N2O3S/c1-14-19(23(29)27-7-9-30-10-8-27)22(31-20(14)15-5-3-2-4-6-15)26-21(28)16-11-17(24)13-18(25)12-16/h2-6,11-13H,7-10H2,1H3,(H,26,28). The van der Waals surface area contributed by atoms with Crippen LogP contribution in [0.25, 0.3) is 10.4 Å². The summed E-state index contributed by atoms with van der Waals surface area (Å²) in [7, 11) is 0. The maximum Gasteiger partial charge on any atom is 0.257 e. The summed E-state index contributed by atoms with van der Waals surface area (Å²) in [6, 6.07) is 12.2. The molecule has 0 radical (unpaired) electrons. The third-order valence-corrected chi connectivity index (χ3v) is 6.30. The summed E-state index contributed by atoms with van der Waals surface area (Å²) >= 11 is 1.26. The number of hydrogen-bond acceptors (Lipinski definition) is 4. The Bertz CT molecular complexity index is 1110. The van der Waals surface area contributed by atoms with Gasteiger partial charge in [0.05, 0.1) is 18.8 Å². The Morgan fingerprint density at radius 3 is 2.32 bits per heavy atom. The molecule has 2 amide bonds. The highest BCUT2D eigenvalue weighted by molar-refractivity contribution is 7.20. The highest BCUT2D eigenvalue weighted by Crippen LogP contribution is 2.40. The summed E-state index contributed by atoms with van der Waals surface area (Å²) in [6.07, 6.45) is 0. The number of amides is 2. The van der Waals surface area contributed by atoms with Gasteiger partial charge in [-0.05, 0) is 30.2 Å². The lowest BCUT2D eigenvalue weighted by atomic mass is 10.1. The monoisotopic (exact) mass is 442 g/mol. The molecule has 0 spiro atoms. The summed E-state index contributed by atoms with van der Waals surface area (Å²) in [4.78, 5) is 28.6. The minimum atomic E-state index is -0.845. The first kappa shape index (κ1) is 21.1. The summed E-state index contributed by atoms with van der Waals surface area (Å²) in [6.45, 7) is 3.65. The van der Waals surface area contributed by atoms with Gasteiger partial charge in [-0.15, -0.1) is 11.3 Å². The molecule has 31 heavy (non-hydrogen) atoms. The largest absolute Gasteiger partial charge is 0.378 e. The van der Waals surface area contributed by atoms with Crippen molar-refractivity contribution < 1.29 is 23.1 Å². The number of hydrogen-bond donors (Lipinski definition) is 1. The van der Waals surface area contributed by atoms with Crippen LogP contribution < -0.4 is 5.32 Å². The number of thiophene rings is 1. The molecular weight excluding hydrogens is 422 g/mol. The topological polar surface area (TPSA) is 58.6 Å². The van der Waals surface area contributed by atoms with Gasteiger partial charge in [0.1, 0.15) is 16.6 Å². The number of ether oxygens (including phenoxy) is 1. The molecule has 0 aliphatic carbocycles. The van der Waals surface area contributed by atoms with Gasteiger partial charge < -0.3 is 15.0 Å². The van der Waals surface area contributed by atoms with E-state index < -0.39 is 17.5 Å². The molecule has 0 bridgehead atoms. The molecule has 5 nitrogen and oxygen atoms in total. The summed E-state index contributed by atoms with van der Waals surface area (Å²) in [5, 5.41) is 3.05. The van der Waals surface area contributed by atoms with Gasteiger partial charge in [0.25, 0.3) is 11.8 Å². The van der Waals surface area contributed by atoms with Crippen molar-refractivity contribution in [3.8, 4) is 10.4 Å². The Morgan fingerprint density at radius 2 is 1.68 bits per heavy atom. The average molecular weight is 442 g/mol. The van der Waals surface area contributed by atoms with Crippen molar-refractivity contribution >= 4 is 28.2 Å². The maximum absolute atomic E-state index is 13.6. The number of morpholine rings is 1. The molecular formula is C23H20F2N2O3S. The van der Waals surface area contributed by atoms with Crippen LogP contribution in [0.15, 0.2) is 48.5 Å². The van der Waals surface area contributed by atoms with Gasteiger partial charge in [0, 0.05) is 29.6 Å². The minimum absolute atomic E-state index is 0.158. The Balaban J connectivity index is 1.74. The fourth-order valence-corrected chi connectivity index (χ4v) is 4.71. The Labute approximate surface area is 182 Å².